The molecule has 9 nitrogen and oxygen atoms in total. The van der Waals surface area contributed by atoms with Crippen molar-refractivity contribution in [2.45, 2.75) is 126 Å². The van der Waals surface area contributed by atoms with E-state index in [-0.39, 0.29) is 42.1 Å². The summed E-state index contributed by atoms with van der Waals surface area (Å²) in [6, 6.07) is 6.46. The van der Waals surface area contributed by atoms with Gasteiger partial charge in [-0.2, -0.15) is 0 Å². The molecule has 258 valence electrons. The van der Waals surface area contributed by atoms with Crippen molar-refractivity contribution in [1.82, 2.24) is 0 Å². The molecule has 5 fully saturated rings. The summed E-state index contributed by atoms with van der Waals surface area (Å²) in [5.74, 6) is -0.523. The quantitative estimate of drug-likeness (QED) is 0.196. The normalized spacial score (nSPS) is 46.4. The number of esters is 1. The molecule has 2 aliphatic heterocycles. The van der Waals surface area contributed by atoms with Gasteiger partial charge in [-0.3, -0.25) is 4.99 Å². The van der Waals surface area contributed by atoms with Gasteiger partial charge in [-0.25, -0.2) is 9.18 Å². The average Bonchev–Trinajstić information content (AvgIpc) is 3.58. The largest absolute Gasteiger partial charge is 0.458 e. The van der Waals surface area contributed by atoms with Crippen LogP contribution in [0.25, 0.3) is 0 Å². The van der Waals surface area contributed by atoms with E-state index < -0.39 is 46.6 Å². The van der Waals surface area contributed by atoms with Gasteiger partial charge in [-0.15, -0.1) is 0 Å². The molecule has 0 bridgehead atoms. The van der Waals surface area contributed by atoms with Crippen molar-refractivity contribution in [3.8, 4) is 0 Å². The molecule has 1 aromatic rings. The molecule has 0 amide bonds. The Morgan fingerprint density at radius 2 is 1.81 bits per heavy atom. The number of hydrogen-bond acceptors (Lipinski definition) is 9. The maximum Gasteiger partial charge on any atom is 0.331 e. The summed E-state index contributed by atoms with van der Waals surface area (Å²) >= 11 is 0. The first-order chi connectivity index (χ1) is 22.4. The molecule has 0 aromatic heterocycles. The second-order valence-electron chi connectivity index (χ2n) is 15.6. The van der Waals surface area contributed by atoms with Crippen molar-refractivity contribution in [2.75, 3.05) is 13.2 Å². The number of fused-ring (bicyclic) bond motifs is 5. The Kier molecular flexibility index (Phi) is 8.70. The summed E-state index contributed by atoms with van der Waals surface area (Å²) in [6.45, 7) is 4.71. The molecule has 2 heterocycles. The van der Waals surface area contributed by atoms with Crippen molar-refractivity contribution in [3.05, 3.63) is 47.3 Å². The van der Waals surface area contributed by atoms with Crippen molar-refractivity contribution in [1.29, 1.82) is 0 Å². The minimum atomic E-state index is -1.12. The second-order valence-corrected chi connectivity index (χ2v) is 15.6. The lowest BCUT2D eigenvalue weighted by molar-refractivity contribution is -0.282. The van der Waals surface area contributed by atoms with Gasteiger partial charge in [0, 0.05) is 42.5 Å². The number of ether oxygens (including phenoxy) is 3. The van der Waals surface area contributed by atoms with Crippen molar-refractivity contribution in [3.63, 3.8) is 0 Å². The van der Waals surface area contributed by atoms with Crippen LogP contribution in [0.1, 0.15) is 83.6 Å². The molecule has 6 aliphatic rings. The predicted molar refractivity (Wildman–Crippen MR) is 171 cm³/mol. The molecule has 10 heteroatoms. The molecule has 0 radical (unpaired) electrons. The van der Waals surface area contributed by atoms with Crippen LogP contribution in [0.2, 0.25) is 0 Å². The first-order valence-electron chi connectivity index (χ1n) is 17.6. The van der Waals surface area contributed by atoms with Crippen LogP contribution in [0.15, 0.2) is 40.9 Å². The van der Waals surface area contributed by atoms with Crippen LogP contribution >= 0.6 is 0 Å². The van der Waals surface area contributed by atoms with Crippen LogP contribution in [-0.4, -0.2) is 87.7 Å². The number of carbonyl (C=O) groups is 1. The molecule has 4 N–H and O–H groups in total. The fraction of sp³-hybridized carbons (Fsp3) is 0.730. The molecule has 47 heavy (non-hydrogen) atoms. The highest BCUT2D eigenvalue weighted by Gasteiger charge is 2.71. The minimum Gasteiger partial charge on any atom is -0.458 e. The van der Waals surface area contributed by atoms with Gasteiger partial charge in [-0.1, -0.05) is 19.1 Å². The summed E-state index contributed by atoms with van der Waals surface area (Å²) in [5, 5.41) is 46.0. The Hall–Kier alpha value is -2.21. The summed E-state index contributed by atoms with van der Waals surface area (Å²) in [5.41, 5.74) is -1.15. The van der Waals surface area contributed by atoms with Crippen LogP contribution in [-0.2, 0) is 25.4 Å². The van der Waals surface area contributed by atoms with Gasteiger partial charge < -0.3 is 34.6 Å². The predicted octanol–water partition coefficient (Wildman–Crippen LogP) is 4.03. The Balaban J connectivity index is 1.15. The zero-order chi connectivity index (χ0) is 33.2. The number of nitrogens with zero attached hydrogens (tertiary/aromatic N) is 1. The smallest absolute Gasteiger partial charge is 0.331 e. The molecule has 0 spiro atoms. The minimum absolute atomic E-state index is 0.00644. The number of cyclic esters (lactones) is 1. The molecule has 0 unspecified atom stereocenters. The molecule has 1 saturated heterocycles. The van der Waals surface area contributed by atoms with Gasteiger partial charge in [0.25, 0.3) is 0 Å². The molecule has 4 aliphatic carbocycles. The van der Waals surface area contributed by atoms with Gasteiger partial charge in [-0.05, 0) is 106 Å². The topological polar surface area (TPSA) is 138 Å². The van der Waals surface area contributed by atoms with E-state index in [1.54, 1.807) is 25.1 Å². The number of aliphatic imine (C=N–C) groups is 1. The van der Waals surface area contributed by atoms with Gasteiger partial charge in [0.15, 0.2) is 6.29 Å². The molecule has 1 aromatic carbocycles. The maximum atomic E-state index is 13.5. The van der Waals surface area contributed by atoms with Gasteiger partial charge in [0.05, 0.1) is 29.5 Å². The van der Waals surface area contributed by atoms with Crippen LogP contribution in [0.5, 0.6) is 0 Å². The fourth-order valence-electron chi connectivity index (χ4n) is 10.9. The van der Waals surface area contributed by atoms with E-state index in [0.29, 0.717) is 58.1 Å². The van der Waals surface area contributed by atoms with Crippen molar-refractivity contribution in [2.24, 2.45) is 33.6 Å². The molecule has 4 saturated carbocycles. The van der Waals surface area contributed by atoms with Gasteiger partial charge in [0.2, 0.25) is 0 Å². The van der Waals surface area contributed by atoms with E-state index in [4.69, 9.17) is 19.2 Å². The monoisotopic (exact) mass is 655 g/mol. The second kappa shape index (κ2) is 12.3. The van der Waals surface area contributed by atoms with E-state index in [9.17, 15) is 29.6 Å². The van der Waals surface area contributed by atoms with Crippen LogP contribution < -0.4 is 0 Å². The van der Waals surface area contributed by atoms with E-state index in [1.165, 1.54) is 12.1 Å². The number of benzene rings is 1. The zero-order valence-electron chi connectivity index (χ0n) is 27.5. The van der Waals surface area contributed by atoms with Crippen molar-refractivity contribution < 1.29 is 43.8 Å². The third kappa shape index (κ3) is 5.51. The van der Waals surface area contributed by atoms with Crippen LogP contribution in [0, 0.1) is 34.4 Å². The Morgan fingerprint density at radius 3 is 2.53 bits per heavy atom. The van der Waals surface area contributed by atoms with E-state index >= 15 is 0 Å². The third-order valence-corrected chi connectivity index (χ3v) is 13.4. The third-order valence-electron chi connectivity index (χ3n) is 13.4. The molecule has 12 atom stereocenters. The number of aliphatic hydroxyl groups excluding tert-OH is 2. The lowest BCUT2D eigenvalue weighted by atomic mass is 9.41. The SMILES string of the molecule is C[C@H]1O[C@@H](O[C@H]2CC[C@]3(C=NCCc4ccc(F)cc4)[C@@H]4CC[C@]5(C)[C@H](C6=CC(=O)OC6)CC[C@]5(O)[C@H]4CC[C@@]3(O)C2)C[C@H](O)[C@H]1O. The maximum absolute atomic E-state index is 13.5. The zero-order valence-corrected chi connectivity index (χ0v) is 27.5. The Bertz CT molecular complexity index is 1390. The first kappa shape index (κ1) is 33.3. The molecular formula is C37H50FNO8. The average molecular weight is 656 g/mol. The highest BCUT2D eigenvalue weighted by Crippen LogP contribution is 2.70. The number of rotatable bonds is 7. The highest BCUT2D eigenvalue weighted by atomic mass is 19.1. The number of hydrogen-bond donors (Lipinski definition) is 4. The standard InChI is InChI=1S/C37H50FNO8/c1-22-33(42)30(40)18-32(46-22)47-26-7-13-35(21-39-16-11-23-3-5-25(38)6-4-23)28-8-12-34(2)27(24-17-31(41)45-20-24)10-15-37(34,44)29(28)9-14-36(35,43)19-26/h3-6,17,21-22,26-30,32-33,40,42-44H,7-16,18-20H2,1-2H3/t22-,26+,27+,28-,29+,30+,32+,33+,34-,35+,36-,37+/m1/s1. The highest BCUT2D eigenvalue weighted by molar-refractivity contribution is 5.85. The number of carbonyl (C=O) groups excluding carboxylic acids is 1. The Labute approximate surface area is 276 Å². The summed E-state index contributed by atoms with van der Waals surface area (Å²) in [7, 11) is 0. The fourth-order valence-corrected chi connectivity index (χ4v) is 10.9. The van der Waals surface area contributed by atoms with E-state index in [0.717, 1.165) is 30.4 Å². The van der Waals surface area contributed by atoms with E-state index in [2.05, 4.69) is 6.92 Å². The summed E-state index contributed by atoms with van der Waals surface area (Å²) in [4.78, 5) is 16.9. The molecule has 7 rings (SSSR count). The lowest BCUT2D eigenvalue weighted by Gasteiger charge is -2.66. The Morgan fingerprint density at radius 1 is 1.04 bits per heavy atom. The van der Waals surface area contributed by atoms with Gasteiger partial charge >= 0.3 is 5.97 Å². The van der Waals surface area contributed by atoms with Crippen molar-refractivity contribution >= 4 is 12.2 Å². The van der Waals surface area contributed by atoms with Crippen LogP contribution in [0.3, 0.4) is 0 Å². The number of halogens is 1. The lowest BCUT2D eigenvalue weighted by Crippen LogP contribution is -2.69. The first-order valence-corrected chi connectivity index (χ1v) is 17.6. The van der Waals surface area contributed by atoms with Gasteiger partial charge in [0.1, 0.15) is 18.5 Å². The van der Waals surface area contributed by atoms with Crippen LogP contribution in [0.4, 0.5) is 4.39 Å². The summed E-state index contributed by atoms with van der Waals surface area (Å²) in [6.07, 6.45) is 6.93. The molecular weight excluding hydrogens is 605 g/mol. The van der Waals surface area contributed by atoms with E-state index in [1.807, 2.05) is 6.21 Å². The summed E-state index contributed by atoms with van der Waals surface area (Å²) < 4.78 is 31.0. The number of aliphatic hydroxyl groups is 4.